The first-order valence-electron chi connectivity index (χ1n) is 15.6. The molecular weight excluding hydrogens is 677 g/mol. The predicted octanol–water partition coefficient (Wildman–Crippen LogP) is 6.55. The summed E-state index contributed by atoms with van der Waals surface area (Å²) in [7, 11) is -4.20. The minimum atomic E-state index is -4.20. The maximum Gasteiger partial charge on any atom is 0.328 e. The number of imidazole rings is 1. The number of amides is 2. The Hall–Kier alpha value is -4.36. The van der Waals surface area contributed by atoms with Crippen LogP contribution >= 0.6 is 11.8 Å². The third-order valence-electron chi connectivity index (χ3n) is 7.88. The number of aromatic nitrogens is 2. The Kier molecular flexibility index (Phi) is 12.0. The number of nitrogens with one attached hydrogen (secondary N) is 2. The van der Waals surface area contributed by atoms with E-state index in [-0.39, 0.29) is 28.9 Å². The van der Waals surface area contributed by atoms with Crippen molar-refractivity contribution in [3.8, 4) is 11.1 Å². The number of carbonyl (C=O) groups is 2. The van der Waals surface area contributed by atoms with Gasteiger partial charge in [-0.2, -0.15) is 11.8 Å². The van der Waals surface area contributed by atoms with Crippen LogP contribution in [0.4, 0.5) is 4.79 Å². The van der Waals surface area contributed by atoms with E-state index in [1.807, 2.05) is 74.7 Å². The van der Waals surface area contributed by atoms with E-state index in [4.69, 9.17) is 0 Å². The van der Waals surface area contributed by atoms with Gasteiger partial charge in [0.1, 0.15) is 5.69 Å². The van der Waals surface area contributed by atoms with E-state index in [2.05, 4.69) is 15.0 Å². The number of hydrogen-bond donors (Lipinski definition) is 2. The topological polar surface area (TPSA) is 133 Å². The number of carbonyl (C=O) groups excluding carboxylic acids is 2. The Morgan fingerprint density at radius 1 is 0.918 bits per heavy atom. The quantitative estimate of drug-likeness (QED) is 0.0985. The Labute approximate surface area is 294 Å². The van der Waals surface area contributed by atoms with E-state index in [0.29, 0.717) is 34.0 Å². The molecule has 254 valence electrons. The van der Waals surface area contributed by atoms with Gasteiger partial charge in [-0.25, -0.2) is 22.9 Å². The van der Waals surface area contributed by atoms with Crippen LogP contribution in [0.5, 0.6) is 0 Å². The minimum Gasteiger partial charge on any atom is -0.611 e. The van der Waals surface area contributed by atoms with Gasteiger partial charge in [0.2, 0.25) is 5.78 Å². The van der Waals surface area contributed by atoms with Crippen LogP contribution in [-0.4, -0.2) is 52.1 Å². The van der Waals surface area contributed by atoms with Gasteiger partial charge in [-0.15, -0.1) is 0 Å². The third-order valence-corrected chi connectivity index (χ3v) is 11.4. The molecule has 12 heteroatoms. The lowest BCUT2D eigenvalue weighted by Gasteiger charge is -2.15. The molecule has 9 nitrogen and oxygen atoms in total. The maximum atomic E-state index is 13.7. The highest BCUT2D eigenvalue weighted by Crippen LogP contribution is 2.29. The zero-order chi connectivity index (χ0) is 35.0. The van der Waals surface area contributed by atoms with Crippen molar-refractivity contribution in [2.45, 2.75) is 42.6 Å². The second kappa shape index (κ2) is 16.4. The standard InChI is InChI=1S/C37H38N4O5S3/c1-26-13-19-31(20-14-26)48(44)24-33(42)36-35(27(2)23-47-3)39-25-41(36)22-29-15-17-30(18-16-29)32-11-7-8-12-34(32)49(45,46)40-37(43)38-21-28-9-5-4-6-10-28/h4-20,25,27H,21-24H2,1-3H3,(H2,38,40,43)/t27-,48?/m1/s1. The highest BCUT2D eigenvalue weighted by atomic mass is 32.2. The molecule has 0 aliphatic heterocycles. The molecule has 2 amide bonds. The molecular formula is C37H38N4O5S3. The Morgan fingerprint density at radius 3 is 2.29 bits per heavy atom. The van der Waals surface area contributed by atoms with E-state index in [0.717, 1.165) is 22.4 Å². The Bertz CT molecular complexity index is 2000. The van der Waals surface area contributed by atoms with Crippen LogP contribution in [0.15, 0.2) is 119 Å². The predicted molar refractivity (Wildman–Crippen MR) is 196 cm³/mol. The minimum absolute atomic E-state index is 0.0119. The lowest BCUT2D eigenvalue weighted by atomic mass is 10.0. The van der Waals surface area contributed by atoms with Gasteiger partial charge in [0.15, 0.2) is 10.6 Å². The molecule has 5 aromatic rings. The molecule has 0 aliphatic rings. The van der Waals surface area contributed by atoms with Crippen molar-refractivity contribution < 1.29 is 22.6 Å². The van der Waals surface area contributed by atoms with Gasteiger partial charge in [0, 0.05) is 30.3 Å². The molecule has 2 atom stereocenters. The van der Waals surface area contributed by atoms with Crippen molar-refractivity contribution in [3.63, 3.8) is 0 Å². The van der Waals surface area contributed by atoms with Crippen LogP contribution < -0.4 is 10.0 Å². The number of Topliss-reactive ketones (excluding diaryl/α,β-unsaturated/α-hetero) is 1. The number of hydrogen-bond acceptors (Lipinski definition) is 7. The van der Waals surface area contributed by atoms with Crippen molar-refractivity contribution >= 4 is 44.8 Å². The second-order valence-electron chi connectivity index (χ2n) is 11.7. The SMILES string of the molecule is CSC[C@@H](C)c1ncn(Cc2ccc(-c3ccccc3S(=O)(=O)NC(=O)NCc3ccccc3)cc2)c1C(=O)C[S+]([O-])c1ccc(C)cc1. The van der Waals surface area contributed by atoms with Gasteiger partial charge in [0.25, 0.3) is 10.0 Å². The molecule has 0 saturated carbocycles. The number of thioether (sulfide) groups is 1. The lowest BCUT2D eigenvalue weighted by molar-refractivity contribution is 0.101. The summed E-state index contributed by atoms with van der Waals surface area (Å²) < 4.78 is 43.7. The van der Waals surface area contributed by atoms with Crippen LogP contribution in [0.1, 0.15) is 45.7 Å². The van der Waals surface area contributed by atoms with Gasteiger partial charge >= 0.3 is 6.03 Å². The summed E-state index contributed by atoms with van der Waals surface area (Å²) in [6.07, 6.45) is 3.65. The molecule has 1 heterocycles. The smallest absolute Gasteiger partial charge is 0.328 e. The maximum absolute atomic E-state index is 13.7. The first-order valence-corrected chi connectivity index (χ1v) is 19.8. The highest BCUT2D eigenvalue weighted by molar-refractivity contribution is 7.98. The molecule has 0 radical (unpaired) electrons. The summed E-state index contributed by atoms with van der Waals surface area (Å²) in [5.41, 5.74) is 4.94. The van der Waals surface area contributed by atoms with Crippen LogP contribution in [0.2, 0.25) is 0 Å². The van der Waals surface area contributed by atoms with E-state index in [1.54, 1.807) is 65.1 Å². The molecule has 0 aliphatic carbocycles. The summed E-state index contributed by atoms with van der Waals surface area (Å²) in [6, 6.07) is 29.5. The molecule has 0 saturated heterocycles. The molecule has 2 N–H and O–H groups in total. The summed E-state index contributed by atoms with van der Waals surface area (Å²) >= 11 is 0.157. The number of nitrogens with zero attached hydrogens (tertiary/aromatic N) is 2. The van der Waals surface area contributed by atoms with Crippen molar-refractivity contribution in [2.24, 2.45) is 0 Å². The Balaban J connectivity index is 1.34. The lowest BCUT2D eigenvalue weighted by Crippen LogP contribution is -2.39. The highest BCUT2D eigenvalue weighted by Gasteiger charge is 2.27. The molecule has 5 rings (SSSR count). The third kappa shape index (κ3) is 9.21. The first-order chi connectivity index (χ1) is 23.6. The monoisotopic (exact) mass is 714 g/mol. The van der Waals surface area contributed by atoms with Crippen molar-refractivity contribution in [2.75, 3.05) is 17.8 Å². The molecule has 0 spiro atoms. The zero-order valence-electron chi connectivity index (χ0n) is 27.5. The Morgan fingerprint density at radius 2 is 1.59 bits per heavy atom. The van der Waals surface area contributed by atoms with Crippen LogP contribution in [0.3, 0.4) is 0 Å². The fourth-order valence-corrected chi connectivity index (χ4v) is 8.19. The van der Waals surface area contributed by atoms with Gasteiger partial charge in [0.05, 0.1) is 16.9 Å². The van der Waals surface area contributed by atoms with E-state index in [1.165, 1.54) is 6.07 Å². The number of rotatable bonds is 14. The zero-order valence-corrected chi connectivity index (χ0v) is 29.9. The van der Waals surface area contributed by atoms with E-state index < -0.39 is 27.2 Å². The van der Waals surface area contributed by atoms with Crippen molar-refractivity contribution in [3.05, 3.63) is 138 Å². The second-order valence-corrected chi connectivity index (χ2v) is 15.7. The summed E-state index contributed by atoms with van der Waals surface area (Å²) in [5.74, 6) is 0.392. The van der Waals surface area contributed by atoms with Crippen molar-refractivity contribution in [1.82, 2.24) is 19.6 Å². The van der Waals surface area contributed by atoms with Gasteiger partial charge in [-0.3, -0.25) is 4.79 Å². The molecule has 1 unspecified atom stereocenters. The van der Waals surface area contributed by atoms with Gasteiger partial charge in [-0.1, -0.05) is 97.4 Å². The van der Waals surface area contributed by atoms with Crippen molar-refractivity contribution in [1.29, 1.82) is 0 Å². The summed E-state index contributed by atoms with van der Waals surface area (Å²) in [6.45, 7) is 4.49. The average molecular weight is 715 g/mol. The normalized spacial score (nSPS) is 12.7. The number of ketones is 1. The van der Waals surface area contributed by atoms with Gasteiger partial charge < -0.3 is 14.4 Å². The van der Waals surface area contributed by atoms with Crippen LogP contribution in [0, 0.1) is 6.92 Å². The summed E-state index contributed by atoms with van der Waals surface area (Å²) in [4.78, 5) is 31.4. The van der Waals surface area contributed by atoms with E-state index >= 15 is 0 Å². The fourth-order valence-electron chi connectivity index (χ4n) is 5.39. The summed E-state index contributed by atoms with van der Waals surface area (Å²) in [5, 5.41) is 2.58. The molecule has 0 bridgehead atoms. The van der Waals surface area contributed by atoms with E-state index in [9.17, 15) is 22.6 Å². The number of sulfonamides is 1. The number of aryl methyl sites for hydroxylation is 1. The molecule has 49 heavy (non-hydrogen) atoms. The first kappa shape index (κ1) is 35.9. The molecule has 1 aromatic heterocycles. The molecule has 0 fully saturated rings. The molecule has 4 aromatic carbocycles. The van der Waals surface area contributed by atoms with Crippen LogP contribution in [0.25, 0.3) is 11.1 Å². The fraction of sp³-hybridized carbons (Fsp3) is 0.216. The van der Waals surface area contributed by atoms with Gasteiger partial charge in [-0.05, 0) is 59.2 Å². The van der Waals surface area contributed by atoms with Crippen LogP contribution in [-0.2, 0) is 34.3 Å². The number of urea groups is 1. The number of benzene rings is 4. The average Bonchev–Trinajstić information content (AvgIpc) is 3.52. The largest absolute Gasteiger partial charge is 0.611 e.